The van der Waals surface area contributed by atoms with Gasteiger partial charge in [-0.2, -0.15) is 0 Å². The van der Waals surface area contributed by atoms with Crippen molar-refractivity contribution >= 4 is 11.8 Å². The maximum Gasteiger partial charge on any atom is 0.249 e. The molecule has 0 fully saturated rings. The molecule has 5 heteroatoms. The third-order valence-electron chi connectivity index (χ3n) is 6.71. The highest BCUT2D eigenvalue weighted by Gasteiger charge is 2.31. The Labute approximate surface area is 211 Å². The zero-order valence-corrected chi connectivity index (χ0v) is 21.6. The fourth-order valence-electron chi connectivity index (χ4n) is 4.43. The van der Waals surface area contributed by atoms with Crippen LogP contribution in [0, 0.1) is 0 Å². The molecule has 5 nitrogen and oxygen atoms in total. The van der Waals surface area contributed by atoms with Crippen LogP contribution in [-0.4, -0.2) is 47.8 Å². The average molecular weight is 476 g/mol. The lowest BCUT2D eigenvalue weighted by atomic mass is 9.98. The number of nitrogens with one attached hydrogen (secondary N) is 1. The van der Waals surface area contributed by atoms with E-state index >= 15 is 0 Å². The highest BCUT2D eigenvalue weighted by atomic mass is 16.2. The topological polar surface area (TPSA) is 52.7 Å². The first kappa shape index (κ1) is 26.7. The van der Waals surface area contributed by atoms with Gasteiger partial charge in [0.05, 0.1) is 0 Å². The summed E-state index contributed by atoms with van der Waals surface area (Å²) in [5.41, 5.74) is 4.67. The third-order valence-corrected chi connectivity index (χ3v) is 6.71. The van der Waals surface area contributed by atoms with Crippen LogP contribution < -0.4 is 5.32 Å². The van der Waals surface area contributed by atoms with Gasteiger partial charge in [-0.05, 0) is 47.7 Å². The van der Waals surface area contributed by atoms with Crippen molar-refractivity contribution in [2.24, 2.45) is 0 Å². The second-order valence-corrected chi connectivity index (χ2v) is 9.50. The van der Waals surface area contributed by atoms with Crippen molar-refractivity contribution in [3.05, 3.63) is 71.9 Å². The Bertz CT molecular complexity index is 983. The third kappa shape index (κ3) is 7.79. The van der Waals surface area contributed by atoms with E-state index in [2.05, 4.69) is 67.7 Å². The zero-order chi connectivity index (χ0) is 25.0. The Morgan fingerprint density at radius 2 is 1.63 bits per heavy atom. The average Bonchev–Trinajstić information content (AvgIpc) is 2.97. The summed E-state index contributed by atoms with van der Waals surface area (Å²) >= 11 is 0. The van der Waals surface area contributed by atoms with Crippen molar-refractivity contribution < 1.29 is 9.59 Å². The van der Waals surface area contributed by atoms with Crippen molar-refractivity contribution in [2.75, 3.05) is 20.1 Å². The number of rotatable bonds is 13. The SMILES string of the molecule is CCCCCCN1C=CC(=O)N(C)[C@@H](Cc2ccc(-c3cccc(CNCCCC)c3)cc2)C1=O. The first-order valence-corrected chi connectivity index (χ1v) is 13.2. The number of carbonyl (C=O) groups excluding carboxylic acids is 2. The molecule has 0 aliphatic carbocycles. The molecule has 1 aliphatic rings. The number of carbonyl (C=O) groups is 2. The minimum atomic E-state index is -0.493. The zero-order valence-electron chi connectivity index (χ0n) is 21.6. The minimum Gasteiger partial charge on any atom is -0.330 e. The number of amides is 2. The highest BCUT2D eigenvalue weighted by molar-refractivity contribution is 5.95. The fraction of sp³-hybridized carbons (Fsp3) is 0.467. The molecule has 0 spiro atoms. The first-order chi connectivity index (χ1) is 17.0. The Balaban J connectivity index is 1.66. The van der Waals surface area contributed by atoms with Crippen molar-refractivity contribution in [2.45, 2.75) is 71.4 Å². The van der Waals surface area contributed by atoms with Gasteiger partial charge in [-0.25, -0.2) is 0 Å². The van der Waals surface area contributed by atoms with Crippen molar-refractivity contribution in [1.82, 2.24) is 15.1 Å². The lowest BCUT2D eigenvalue weighted by Crippen LogP contribution is -2.46. The van der Waals surface area contributed by atoms with Gasteiger partial charge in [-0.3, -0.25) is 9.59 Å². The number of hydrogen-bond acceptors (Lipinski definition) is 3. The molecule has 1 atom stereocenters. The molecule has 1 aliphatic heterocycles. The summed E-state index contributed by atoms with van der Waals surface area (Å²) in [6.45, 7) is 6.95. The summed E-state index contributed by atoms with van der Waals surface area (Å²) in [5, 5.41) is 3.50. The molecule has 0 saturated heterocycles. The number of benzene rings is 2. The van der Waals surface area contributed by atoms with Crippen molar-refractivity contribution in [3.8, 4) is 11.1 Å². The number of hydrogen-bond donors (Lipinski definition) is 1. The van der Waals surface area contributed by atoms with Gasteiger partial charge in [-0.15, -0.1) is 0 Å². The van der Waals surface area contributed by atoms with Crippen molar-refractivity contribution in [3.63, 3.8) is 0 Å². The molecule has 0 unspecified atom stereocenters. The molecule has 1 heterocycles. The van der Waals surface area contributed by atoms with E-state index in [1.165, 1.54) is 36.5 Å². The monoisotopic (exact) mass is 475 g/mol. The van der Waals surface area contributed by atoms with E-state index in [-0.39, 0.29) is 11.8 Å². The van der Waals surface area contributed by atoms with Crippen LogP contribution in [0.1, 0.15) is 63.5 Å². The van der Waals surface area contributed by atoms with E-state index in [1.54, 1.807) is 23.0 Å². The Morgan fingerprint density at radius 1 is 0.857 bits per heavy atom. The summed E-state index contributed by atoms with van der Waals surface area (Å²) in [4.78, 5) is 29.1. The summed E-state index contributed by atoms with van der Waals surface area (Å²) in [6, 6.07) is 16.5. The van der Waals surface area contributed by atoms with Crippen LogP contribution in [0.2, 0.25) is 0 Å². The van der Waals surface area contributed by atoms with Crippen LogP contribution in [0.15, 0.2) is 60.8 Å². The number of unbranched alkanes of at least 4 members (excludes halogenated alkanes) is 4. The fourth-order valence-corrected chi connectivity index (χ4v) is 4.43. The molecular weight excluding hydrogens is 434 g/mol. The molecule has 2 aromatic rings. The van der Waals surface area contributed by atoms with Crippen LogP contribution in [-0.2, 0) is 22.6 Å². The minimum absolute atomic E-state index is 0.00144. The molecule has 0 aromatic heterocycles. The van der Waals surface area contributed by atoms with Gasteiger partial charge < -0.3 is 15.1 Å². The molecule has 2 aromatic carbocycles. The molecule has 2 amide bonds. The van der Waals surface area contributed by atoms with Gasteiger partial charge >= 0.3 is 0 Å². The molecule has 35 heavy (non-hydrogen) atoms. The summed E-state index contributed by atoms with van der Waals surface area (Å²) in [6.07, 6.45) is 10.5. The Morgan fingerprint density at radius 3 is 2.37 bits per heavy atom. The maximum absolute atomic E-state index is 13.3. The summed E-state index contributed by atoms with van der Waals surface area (Å²) < 4.78 is 0. The lowest BCUT2D eigenvalue weighted by Gasteiger charge is -2.28. The predicted molar refractivity (Wildman–Crippen MR) is 144 cm³/mol. The van der Waals surface area contributed by atoms with Crippen LogP contribution in [0.3, 0.4) is 0 Å². The van der Waals surface area contributed by atoms with Crippen molar-refractivity contribution in [1.29, 1.82) is 0 Å². The van der Waals surface area contributed by atoms with Crippen LogP contribution >= 0.6 is 0 Å². The molecule has 3 rings (SSSR count). The maximum atomic E-state index is 13.3. The highest BCUT2D eigenvalue weighted by Crippen LogP contribution is 2.23. The molecule has 1 N–H and O–H groups in total. The second-order valence-electron chi connectivity index (χ2n) is 9.50. The molecular formula is C30H41N3O2. The molecule has 188 valence electrons. The van der Waals surface area contributed by atoms with Crippen LogP contribution in [0.5, 0.6) is 0 Å². The van der Waals surface area contributed by atoms with E-state index in [1.807, 2.05) is 0 Å². The van der Waals surface area contributed by atoms with E-state index in [0.29, 0.717) is 13.0 Å². The van der Waals surface area contributed by atoms with E-state index < -0.39 is 6.04 Å². The summed E-state index contributed by atoms with van der Waals surface area (Å²) in [5.74, 6) is -0.126. The van der Waals surface area contributed by atoms with Gasteiger partial charge in [0.2, 0.25) is 11.8 Å². The second kappa shape index (κ2) is 13.8. The Kier molecular flexibility index (Phi) is 10.5. The largest absolute Gasteiger partial charge is 0.330 e. The van der Waals surface area contributed by atoms with Gasteiger partial charge in [0.25, 0.3) is 0 Å². The number of nitrogens with zero attached hydrogens (tertiary/aromatic N) is 2. The normalized spacial score (nSPS) is 16.1. The lowest BCUT2D eigenvalue weighted by molar-refractivity contribution is -0.139. The van der Waals surface area contributed by atoms with Gasteiger partial charge in [0, 0.05) is 38.8 Å². The van der Waals surface area contributed by atoms with Gasteiger partial charge in [0.15, 0.2) is 0 Å². The van der Waals surface area contributed by atoms with Crippen LogP contribution in [0.25, 0.3) is 11.1 Å². The quantitative estimate of drug-likeness (QED) is 0.387. The Hall–Kier alpha value is -2.92. The molecule has 0 saturated carbocycles. The molecule has 0 radical (unpaired) electrons. The van der Waals surface area contributed by atoms with E-state index in [0.717, 1.165) is 43.5 Å². The van der Waals surface area contributed by atoms with Gasteiger partial charge in [-0.1, -0.05) is 82.0 Å². The first-order valence-electron chi connectivity index (χ1n) is 13.2. The number of likely N-dealkylation sites (N-methyl/N-ethyl adjacent to an activating group) is 1. The predicted octanol–water partition coefficient (Wildman–Crippen LogP) is 5.55. The van der Waals surface area contributed by atoms with Gasteiger partial charge in [0.1, 0.15) is 6.04 Å². The summed E-state index contributed by atoms with van der Waals surface area (Å²) in [7, 11) is 1.73. The standard InChI is InChI=1S/C30H41N3O2/c1-4-6-8-9-19-33-20-17-29(34)32(3)28(30(33)35)22-24-13-15-26(16-14-24)27-12-10-11-25(21-27)23-31-18-7-5-2/h10-17,20-21,28,31H,4-9,18-19,22-23H2,1-3H3/t28-/m0/s1. The molecule has 0 bridgehead atoms. The smallest absolute Gasteiger partial charge is 0.249 e. The van der Waals surface area contributed by atoms with E-state index in [9.17, 15) is 9.59 Å². The van der Waals surface area contributed by atoms with Crippen LogP contribution in [0.4, 0.5) is 0 Å². The van der Waals surface area contributed by atoms with E-state index in [4.69, 9.17) is 0 Å².